The van der Waals surface area contributed by atoms with Crippen molar-refractivity contribution in [3.05, 3.63) is 12.4 Å². The third-order valence-electron chi connectivity index (χ3n) is 4.04. The van der Waals surface area contributed by atoms with Crippen LogP contribution in [0.25, 0.3) is 0 Å². The van der Waals surface area contributed by atoms with Crippen LogP contribution in [-0.2, 0) is 0 Å². The largest absolute Gasteiger partial charge is 0.474 e. The van der Waals surface area contributed by atoms with Gasteiger partial charge in [0.15, 0.2) is 0 Å². The Morgan fingerprint density at radius 3 is 2.84 bits per heavy atom. The summed E-state index contributed by atoms with van der Waals surface area (Å²) in [6, 6.07) is 1.90. The van der Waals surface area contributed by atoms with Crippen LogP contribution < -0.4 is 10.1 Å². The van der Waals surface area contributed by atoms with E-state index in [0.29, 0.717) is 12.0 Å². The van der Waals surface area contributed by atoms with Crippen molar-refractivity contribution in [2.75, 3.05) is 11.9 Å². The lowest BCUT2D eigenvalue weighted by molar-refractivity contribution is 0.0964. The highest BCUT2D eigenvalue weighted by molar-refractivity contribution is 5.36. The number of rotatable bonds is 5. The van der Waals surface area contributed by atoms with Crippen molar-refractivity contribution in [2.45, 2.75) is 52.6 Å². The summed E-state index contributed by atoms with van der Waals surface area (Å²) in [5.41, 5.74) is 0. The first-order valence-electron chi connectivity index (χ1n) is 7.41. The molecule has 1 aliphatic carbocycles. The van der Waals surface area contributed by atoms with Crippen molar-refractivity contribution in [2.24, 2.45) is 11.8 Å². The first-order valence-corrected chi connectivity index (χ1v) is 7.41. The quantitative estimate of drug-likeness (QED) is 0.883. The molecule has 1 fully saturated rings. The fraction of sp³-hybridized carbons (Fsp3) is 0.733. The number of nitrogens with zero attached hydrogens (tertiary/aromatic N) is 2. The van der Waals surface area contributed by atoms with Gasteiger partial charge < -0.3 is 10.1 Å². The van der Waals surface area contributed by atoms with Crippen molar-refractivity contribution in [1.82, 2.24) is 9.97 Å². The molecule has 1 N–H and O–H groups in total. The Hall–Kier alpha value is -1.32. The van der Waals surface area contributed by atoms with E-state index in [4.69, 9.17) is 4.74 Å². The zero-order valence-corrected chi connectivity index (χ0v) is 12.2. The molecule has 0 aromatic carbocycles. The minimum atomic E-state index is 0.306. The highest BCUT2D eigenvalue weighted by Crippen LogP contribution is 2.31. The van der Waals surface area contributed by atoms with Gasteiger partial charge >= 0.3 is 0 Å². The van der Waals surface area contributed by atoms with Crippen LogP contribution in [0.15, 0.2) is 12.4 Å². The molecule has 3 atom stereocenters. The molecule has 4 nitrogen and oxygen atoms in total. The molecule has 106 valence electrons. The number of ether oxygens (including phenoxy) is 1. The van der Waals surface area contributed by atoms with Gasteiger partial charge in [-0.3, -0.25) is 0 Å². The van der Waals surface area contributed by atoms with E-state index in [9.17, 15) is 0 Å². The number of hydrogen-bond donors (Lipinski definition) is 1. The van der Waals surface area contributed by atoms with Crippen molar-refractivity contribution < 1.29 is 4.74 Å². The molecular weight excluding hydrogens is 238 g/mol. The second kappa shape index (κ2) is 6.73. The summed E-state index contributed by atoms with van der Waals surface area (Å²) in [6.07, 6.45) is 6.47. The van der Waals surface area contributed by atoms with Crippen LogP contribution in [0.4, 0.5) is 5.82 Å². The number of hydrogen-bond acceptors (Lipinski definition) is 4. The van der Waals surface area contributed by atoms with Crippen LogP contribution in [0.1, 0.15) is 46.5 Å². The summed E-state index contributed by atoms with van der Waals surface area (Å²) in [5, 5.41) is 3.26. The van der Waals surface area contributed by atoms with Gasteiger partial charge in [-0.25, -0.2) is 9.97 Å². The summed E-state index contributed by atoms with van der Waals surface area (Å²) in [6.45, 7) is 7.71. The number of nitrogens with one attached hydrogen (secondary N) is 1. The highest BCUT2D eigenvalue weighted by atomic mass is 16.5. The fourth-order valence-corrected chi connectivity index (χ4v) is 2.53. The molecular formula is C15H25N3O. The van der Waals surface area contributed by atoms with Crippen LogP contribution >= 0.6 is 0 Å². The highest BCUT2D eigenvalue weighted by Gasteiger charge is 2.26. The van der Waals surface area contributed by atoms with Gasteiger partial charge in [0, 0.05) is 12.6 Å². The maximum atomic E-state index is 6.00. The minimum absolute atomic E-state index is 0.306. The molecule has 0 saturated heterocycles. The molecule has 4 heteroatoms. The van der Waals surface area contributed by atoms with Crippen molar-refractivity contribution >= 4 is 5.82 Å². The Morgan fingerprint density at radius 1 is 1.26 bits per heavy atom. The lowest BCUT2D eigenvalue weighted by Crippen LogP contribution is -2.29. The molecule has 0 spiro atoms. The van der Waals surface area contributed by atoms with E-state index in [0.717, 1.165) is 43.5 Å². The van der Waals surface area contributed by atoms with E-state index < -0.39 is 0 Å². The monoisotopic (exact) mass is 263 g/mol. The molecule has 1 heterocycles. The smallest absolute Gasteiger partial charge is 0.218 e. The van der Waals surface area contributed by atoms with Crippen LogP contribution in [0.3, 0.4) is 0 Å². The van der Waals surface area contributed by atoms with Crippen molar-refractivity contribution in [3.8, 4) is 5.88 Å². The molecule has 19 heavy (non-hydrogen) atoms. The van der Waals surface area contributed by atoms with E-state index in [-0.39, 0.29) is 0 Å². The SMILES string of the molecule is CCCNc1cc(OC2CCC(C)C(C)C2)ncn1. The first kappa shape index (κ1) is 14.1. The topological polar surface area (TPSA) is 47.0 Å². The molecule has 0 radical (unpaired) electrons. The van der Waals surface area contributed by atoms with E-state index in [2.05, 4.69) is 36.1 Å². The molecule has 0 aliphatic heterocycles. The second-order valence-corrected chi connectivity index (χ2v) is 5.68. The standard InChI is InChI=1S/C15H25N3O/c1-4-7-16-14-9-15(18-10-17-14)19-13-6-5-11(2)12(3)8-13/h9-13H,4-8H2,1-3H3,(H,16,17,18). The van der Waals surface area contributed by atoms with Gasteiger partial charge in [0.2, 0.25) is 5.88 Å². The number of aromatic nitrogens is 2. The van der Waals surface area contributed by atoms with Crippen LogP contribution in [0, 0.1) is 11.8 Å². The van der Waals surface area contributed by atoms with Gasteiger partial charge in [0.1, 0.15) is 18.2 Å². The minimum Gasteiger partial charge on any atom is -0.474 e. The Bertz CT molecular complexity index is 397. The normalized spacial score (nSPS) is 27.0. The molecule has 1 aliphatic rings. The van der Waals surface area contributed by atoms with Gasteiger partial charge in [0.25, 0.3) is 0 Å². The lowest BCUT2D eigenvalue weighted by atomic mass is 9.80. The first-order chi connectivity index (χ1) is 9.19. The van der Waals surface area contributed by atoms with Gasteiger partial charge in [-0.15, -0.1) is 0 Å². The van der Waals surface area contributed by atoms with Crippen molar-refractivity contribution in [1.29, 1.82) is 0 Å². The zero-order chi connectivity index (χ0) is 13.7. The van der Waals surface area contributed by atoms with Crippen LogP contribution in [0.2, 0.25) is 0 Å². The summed E-state index contributed by atoms with van der Waals surface area (Å²) in [7, 11) is 0. The van der Waals surface area contributed by atoms with Gasteiger partial charge in [0.05, 0.1) is 0 Å². The van der Waals surface area contributed by atoms with Crippen LogP contribution in [-0.4, -0.2) is 22.6 Å². The molecule has 1 saturated carbocycles. The molecule has 2 rings (SSSR count). The van der Waals surface area contributed by atoms with Crippen molar-refractivity contribution in [3.63, 3.8) is 0 Å². The maximum absolute atomic E-state index is 6.00. The molecule has 0 amide bonds. The Balaban J connectivity index is 1.91. The summed E-state index contributed by atoms with van der Waals surface area (Å²) < 4.78 is 6.00. The summed E-state index contributed by atoms with van der Waals surface area (Å²) in [4.78, 5) is 8.41. The number of anilines is 1. The van der Waals surface area contributed by atoms with Gasteiger partial charge in [-0.1, -0.05) is 20.8 Å². The lowest BCUT2D eigenvalue weighted by Gasteiger charge is -2.31. The van der Waals surface area contributed by atoms with E-state index in [1.54, 1.807) is 6.33 Å². The van der Waals surface area contributed by atoms with E-state index >= 15 is 0 Å². The van der Waals surface area contributed by atoms with E-state index in [1.807, 2.05) is 6.07 Å². The average molecular weight is 263 g/mol. The zero-order valence-electron chi connectivity index (χ0n) is 12.2. The average Bonchev–Trinajstić information content (AvgIpc) is 2.41. The van der Waals surface area contributed by atoms with Crippen LogP contribution in [0.5, 0.6) is 5.88 Å². The predicted molar refractivity (Wildman–Crippen MR) is 77.4 cm³/mol. The van der Waals surface area contributed by atoms with Gasteiger partial charge in [-0.2, -0.15) is 0 Å². The third kappa shape index (κ3) is 4.08. The summed E-state index contributed by atoms with van der Waals surface area (Å²) >= 11 is 0. The van der Waals surface area contributed by atoms with E-state index in [1.165, 1.54) is 6.42 Å². The Morgan fingerprint density at radius 2 is 2.11 bits per heavy atom. The summed E-state index contributed by atoms with van der Waals surface area (Å²) in [5.74, 6) is 3.09. The molecule has 1 aromatic heterocycles. The Kier molecular flexibility index (Phi) is 5.00. The molecule has 0 bridgehead atoms. The molecule has 1 aromatic rings. The molecule has 3 unspecified atom stereocenters. The fourth-order valence-electron chi connectivity index (χ4n) is 2.53. The second-order valence-electron chi connectivity index (χ2n) is 5.68. The predicted octanol–water partition coefficient (Wildman–Crippen LogP) is 3.50. The Labute approximate surface area is 116 Å². The third-order valence-corrected chi connectivity index (χ3v) is 4.04. The van der Waals surface area contributed by atoms with Gasteiger partial charge in [-0.05, 0) is 37.5 Å². The maximum Gasteiger partial charge on any atom is 0.218 e.